The molecule has 5 N–H and O–H groups in total. The van der Waals surface area contributed by atoms with Crippen LogP contribution in [0.25, 0.3) is 0 Å². The third kappa shape index (κ3) is 2.64. The fourth-order valence-electron chi connectivity index (χ4n) is 3.44. The number of nitrogens with two attached hydrogens (primary N) is 2. The van der Waals surface area contributed by atoms with Crippen LogP contribution in [0.4, 0.5) is 5.82 Å². The summed E-state index contributed by atoms with van der Waals surface area (Å²) in [4.78, 5) is 4.05. The molecule has 4 heteroatoms. The van der Waals surface area contributed by atoms with Gasteiger partial charge in [0.2, 0.25) is 0 Å². The highest BCUT2D eigenvalue weighted by Gasteiger charge is 2.44. The van der Waals surface area contributed by atoms with Crippen LogP contribution in [-0.2, 0) is 11.8 Å². The lowest BCUT2D eigenvalue weighted by atomic mass is 9.59. The molecule has 0 bridgehead atoms. The van der Waals surface area contributed by atoms with Gasteiger partial charge in [-0.15, -0.1) is 0 Å². The molecule has 1 atom stereocenters. The van der Waals surface area contributed by atoms with E-state index in [0.29, 0.717) is 5.82 Å². The van der Waals surface area contributed by atoms with Crippen LogP contribution in [0.2, 0.25) is 0 Å². The second kappa shape index (κ2) is 5.84. The van der Waals surface area contributed by atoms with Gasteiger partial charge >= 0.3 is 0 Å². The number of nitrogen functional groups attached to an aromatic ring is 1. The maximum Gasteiger partial charge on any atom is 0.123 e. The molecular formula is C17H22N4. The van der Waals surface area contributed by atoms with E-state index >= 15 is 0 Å². The number of benzene rings is 1. The van der Waals surface area contributed by atoms with Gasteiger partial charge in [0.1, 0.15) is 5.82 Å². The van der Waals surface area contributed by atoms with Crippen LogP contribution in [-0.4, -0.2) is 11.0 Å². The summed E-state index contributed by atoms with van der Waals surface area (Å²) in [5.74, 6) is 6.46. The molecular weight excluding hydrogens is 260 g/mol. The molecule has 0 saturated heterocycles. The molecule has 0 amide bonds. The Bertz CT molecular complexity index is 593. The Balaban J connectivity index is 1.87. The quantitative estimate of drug-likeness (QED) is 0.580. The van der Waals surface area contributed by atoms with E-state index in [9.17, 15) is 0 Å². The van der Waals surface area contributed by atoms with Gasteiger partial charge in [0, 0.05) is 17.7 Å². The van der Waals surface area contributed by atoms with E-state index in [1.54, 1.807) is 6.20 Å². The Morgan fingerprint density at radius 2 is 1.95 bits per heavy atom. The van der Waals surface area contributed by atoms with Crippen molar-refractivity contribution in [3.05, 3.63) is 59.8 Å². The molecule has 1 unspecified atom stereocenters. The minimum Gasteiger partial charge on any atom is -0.384 e. The van der Waals surface area contributed by atoms with Crippen molar-refractivity contribution in [1.29, 1.82) is 0 Å². The highest BCUT2D eigenvalue weighted by atomic mass is 15.2. The summed E-state index contributed by atoms with van der Waals surface area (Å²) in [6.45, 7) is 0. The number of hydrazine groups is 1. The van der Waals surface area contributed by atoms with Crippen LogP contribution in [0.5, 0.6) is 0 Å². The van der Waals surface area contributed by atoms with Crippen LogP contribution >= 0.6 is 0 Å². The van der Waals surface area contributed by atoms with Crippen molar-refractivity contribution >= 4 is 5.82 Å². The molecule has 1 heterocycles. The SMILES string of the molecule is NNC(Cc1ccnc(N)c1)C1(c2ccccc2)CCC1. The van der Waals surface area contributed by atoms with Gasteiger partial charge < -0.3 is 5.73 Å². The highest BCUT2D eigenvalue weighted by Crippen LogP contribution is 2.47. The fourth-order valence-corrected chi connectivity index (χ4v) is 3.44. The van der Waals surface area contributed by atoms with E-state index in [0.717, 1.165) is 6.42 Å². The highest BCUT2D eigenvalue weighted by molar-refractivity contribution is 5.35. The summed E-state index contributed by atoms with van der Waals surface area (Å²) in [7, 11) is 0. The predicted octanol–water partition coefficient (Wildman–Crippen LogP) is 2.16. The predicted molar refractivity (Wildman–Crippen MR) is 85.4 cm³/mol. The van der Waals surface area contributed by atoms with Gasteiger partial charge in [-0.25, -0.2) is 4.98 Å². The standard InChI is InChI=1S/C17H22N4/c18-16-12-13(7-10-20-16)11-15(21-19)17(8-4-9-17)14-5-2-1-3-6-14/h1-3,5-7,10,12,15,21H,4,8-9,11,19H2,(H2,18,20). The molecule has 4 nitrogen and oxygen atoms in total. The zero-order valence-electron chi connectivity index (χ0n) is 12.1. The fraction of sp³-hybridized carbons (Fsp3) is 0.353. The monoisotopic (exact) mass is 282 g/mol. The maximum atomic E-state index is 5.89. The number of nitrogens with zero attached hydrogens (tertiary/aromatic N) is 1. The summed E-state index contributed by atoms with van der Waals surface area (Å²) >= 11 is 0. The molecule has 110 valence electrons. The van der Waals surface area contributed by atoms with E-state index in [2.05, 4.69) is 40.7 Å². The zero-order chi connectivity index (χ0) is 14.7. The first-order valence-corrected chi connectivity index (χ1v) is 7.47. The third-order valence-electron chi connectivity index (χ3n) is 4.75. The first-order valence-electron chi connectivity index (χ1n) is 7.47. The molecule has 1 aliphatic rings. The maximum absolute atomic E-state index is 5.89. The summed E-state index contributed by atoms with van der Waals surface area (Å²) in [6, 6.07) is 14.8. The number of hydrogen-bond donors (Lipinski definition) is 3. The molecule has 2 aromatic rings. The van der Waals surface area contributed by atoms with E-state index in [1.165, 1.54) is 30.4 Å². The topological polar surface area (TPSA) is 77.0 Å². The Kier molecular flexibility index (Phi) is 3.90. The van der Waals surface area contributed by atoms with Gasteiger partial charge in [-0.2, -0.15) is 0 Å². The normalized spacial score (nSPS) is 18.0. The lowest BCUT2D eigenvalue weighted by Gasteiger charge is -2.48. The van der Waals surface area contributed by atoms with Crippen molar-refractivity contribution in [2.75, 3.05) is 5.73 Å². The first-order chi connectivity index (χ1) is 10.2. The average Bonchev–Trinajstić information content (AvgIpc) is 2.46. The number of nitrogens with one attached hydrogen (secondary N) is 1. The molecule has 0 radical (unpaired) electrons. The molecule has 0 aliphatic heterocycles. The molecule has 0 spiro atoms. The van der Waals surface area contributed by atoms with E-state index in [1.807, 2.05) is 12.1 Å². The summed E-state index contributed by atoms with van der Waals surface area (Å²) < 4.78 is 0. The van der Waals surface area contributed by atoms with Gasteiger partial charge in [-0.05, 0) is 42.5 Å². The van der Waals surface area contributed by atoms with Crippen molar-refractivity contribution in [2.45, 2.75) is 37.1 Å². The largest absolute Gasteiger partial charge is 0.384 e. The minimum atomic E-state index is 0.133. The Hall–Kier alpha value is -1.91. The second-order valence-electron chi connectivity index (χ2n) is 5.89. The zero-order valence-corrected chi connectivity index (χ0v) is 12.1. The lowest BCUT2D eigenvalue weighted by molar-refractivity contribution is 0.168. The van der Waals surface area contributed by atoms with Gasteiger partial charge in [0.25, 0.3) is 0 Å². The van der Waals surface area contributed by atoms with Crippen molar-refractivity contribution < 1.29 is 0 Å². The van der Waals surface area contributed by atoms with Gasteiger partial charge in [0.05, 0.1) is 0 Å². The number of hydrogen-bond acceptors (Lipinski definition) is 4. The lowest BCUT2D eigenvalue weighted by Crippen LogP contribution is -2.56. The summed E-state index contributed by atoms with van der Waals surface area (Å²) in [5.41, 5.74) is 11.5. The van der Waals surface area contributed by atoms with Crippen molar-refractivity contribution in [1.82, 2.24) is 10.4 Å². The Morgan fingerprint density at radius 1 is 1.19 bits per heavy atom. The van der Waals surface area contributed by atoms with E-state index in [4.69, 9.17) is 11.6 Å². The molecule has 1 aromatic heterocycles. The molecule has 3 rings (SSSR count). The molecule has 1 saturated carbocycles. The van der Waals surface area contributed by atoms with Crippen LogP contribution in [0.3, 0.4) is 0 Å². The van der Waals surface area contributed by atoms with Crippen LogP contribution in [0.15, 0.2) is 48.7 Å². The number of aromatic nitrogens is 1. The minimum absolute atomic E-state index is 0.133. The molecule has 1 fully saturated rings. The van der Waals surface area contributed by atoms with Gasteiger partial charge in [0.15, 0.2) is 0 Å². The second-order valence-corrected chi connectivity index (χ2v) is 5.89. The van der Waals surface area contributed by atoms with Crippen molar-refractivity contribution in [3.8, 4) is 0 Å². The number of pyridine rings is 1. The smallest absolute Gasteiger partial charge is 0.123 e. The van der Waals surface area contributed by atoms with Gasteiger partial charge in [-0.1, -0.05) is 36.8 Å². The third-order valence-corrected chi connectivity index (χ3v) is 4.75. The van der Waals surface area contributed by atoms with Crippen LogP contribution < -0.4 is 17.0 Å². The summed E-state index contributed by atoms with van der Waals surface area (Å²) in [5, 5.41) is 0. The van der Waals surface area contributed by atoms with Crippen molar-refractivity contribution in [3.63, 3.8) is 0 Å². The van der Waals surface area contributed by atoms with Gasteiger partial charge in [-0.3, -0.25) is 11.3 Å². The average molecular weight is 282 g/mol. The Morgan fingerprint density at radius 3 is 2.52 bits per heavy atom. The number of rotatable bonds is 5. The first kappa shape index (κ1) is 14.0. The molecule has 21 heavy (non-hydrogen) atoms. The van der Waals surface area contributed by atoms with Crippen LogP contribution in [0.1, 0.15) is 30.4 Å². The van der Waals surface area contributed by atoms with Crippen molar-refractivity contribution in [2.24, 2.45) is 5.84 Å². The van der Waals surface area contributed by atoms with E-state index in [-0.39, 0.29) is 11.5 Å². The summed E-state index contributed by atoms with van der Waals surface area (Å²) in [6.07, 6.45) is 6.22. The molecule has 1 aliphatic carbocycles. The Labute approximate surface area is 125 Å². The van der Waals surface area contributed by atoms with Crippen LogP contribution in [0, 0.1) is 0 Å². The van der Waals surface area contributed by atoms with E-state index < -0.39 is 0 Å². The molecule has 1 aromatic carbocycles. The number of anilines is 1.